The molecule has 0 fully saturated rings. The van der Waals surface area contributed by atoms with Crippen LogP contribution in [-0.4, -0.2) is 37.1 Å². The van der Waals surface area contributed by atoms with E-state index < -0.39 is 18.1 Å². The number of ether oxygens (including phenoxy) is 2. The number of carbonyl (C=O) groups is 3. The van der Waals surface area contributed by atoms with Gasteiger partial charge in [-0.3, -0.25) is 9.59 Å². The standard InChI is InChI=1S/C24H29N3O5/c1-3-21(23(29)25-15-22(28)31-16-19-10-6-4-7-11-19)27-18(2)14-26-24(30)32-17-20-12-8-5-9-13-20/h4-13,21,27H,2-3,14-17H2,1H3,(H,25,29)(H,26,30). The van der Waals surface area contributed by atoms with Crippen molar-refractivity contribution in [2.24, 2.45) is 0 Å². The van der Waals surface area contributed by atoms with Crippen LogP contribution in [0.25, 0.3) is 0 Å². The van der Waals surface area contributed by atoms with Gasteiger partial charge in [0, 0.05) is 5.70 Å². The van der Waals surface area contributed by atoms with E-state index in [2.05, 4.69) is 22.5 Å². The zero-order chi connectivity index (χ0) is 23.2. The van der Waals surface area contributed by atoms with Crippen molar-refractivity contribution in [3.8, 4) is 0 Å². The Morgan fingerprint density at radius 1 is 0.844 bits per heavy atom. The number of benzene rings is 2. The Kier molecular flexibility index (Phi) is 10.3. The molecule has 0 saturated carbocycles. The summed E-state index contributed by atoms with van der Waals surface area (Å²) in [5.41, 5.74) is 2.19. The Morgan fingerprint density at radius 2 is 1.41 bits per heavy atom. The van der Waals surface area contributed by atoms with E-state index in [4.69, 9.17) is 9.47 Å². The monoisotopic (exact) mass is 439 g/mol. The second-order valence-electron chi connectivity index (χ2n) is 6.99. The largest absolute Gasteiger partial charge is 0.460 e. The maximum Gasteiger partial charge on any atom is 0.407 e. The van der Waals surface area contributed by atoms with Crippen LogP contribution < -0.4 is 16.0 Å². The van der Waals surface area contributed by atoms with Crippen LogP contribution in [0.4, 0.5) is 4.79 Å². The predicted molar refractivity (Wildman–Crippen MR) is 120 cm³/mol. The molecule has 0 aliphatic heterocycles. The molecule has 2 amide bonds. The van der Waals surface area contributed by atoms with Crippen molar-refractivity contribution in [3.63, 3.8) is 0 Å². The van der Waals surface area contributed by atoms with Crippen molar-refractivity contribution in [1.29, 1.82) is 0 Å². The van der Waals surface area contributed by atoms with Crippen LogP contribution in [-0.2, 0) is 32.3 Å². The summed E-state index contributed by atoms with van der Waals surface area (Å²) in [4.78, 5) is 36.0. The van der Waals surface area contributed by atoms with Crippen LogP contribution >= 0.6 is 0 Å². The third kappa shape index (κ3) is 9.34. The van der Waals surface area contributed by atoms with Crippen molar-refractivity contribution in [1.82, 2.24) is 16.0 Å². The molecule has 0 heterocycles. The van der Waals surface area contributed by atoms with Crippen LogP contribution in [0.1, 0.15) is 24.5 Å². The Hall–Kier alpha value is -3.81. The first-order chi connectivity index (χ1) is 15.5. The summed E-state index contributed by atoms with van der Waals surface area (Å²) < 4.78 is 10.3. The lowest BCUT2D eigenvalue weighted by Crippen LogP contribution is -2.46. The summed E-state index contributed by atoms with van der Waals surface area (Å²) in [6.45, 7) is 5.80. The molecule has 32 heavy (non-hydrogen) atoms. The van der Waals surface area contributed by atoms with Gasteiger partial charge in [-0.1, -0.05) is 74.2 Å². The van der Waals surface area contributed by atoms with Gasteiger partial charge in [0.15, 0.2) is 0 Å². The number of amides is 2. The van der Waals surface area contributed by atoms with Gasteiger partial charge in [0.2, 0.25) is 5.91 Å². The van der Waals surface area contributed by atoms with Gasteiger partial charge in [0.05, 0.1) is 6.54 Å². The highest BCUT2D eigenvalue weighted by atomic mass is 16.5. The Balaban J connectivity index is 1.65. The summed E-state index contributed by atoms with van der Waals surface area (Å²) in [7, 11) is 0. The van der Waals surface area contributed by atoms with E-state index in [1.165, 1.54) is 0 Å². The quantitative estimate of drug-likeness (QED) is 0.439. The Bertz CT molecular complexity index is 887. The highest BCUT2D eigenvalue weighted by Crippen LogP contribution is 2.02. The van der Waals surface area contributed by atoms with Crippen molar-refractivity contribution < 1.29 is 23.9 Å². The number of hydrogen-bond donors (Lipinski definition) is 3. The second-order valence-corrected chi connectivity index (χ2v) is 6.99. The zero-order valence-electron chi connectivity index (χ0n) is 18.1. The summed E-state index contributed by atoms with van der Waals surface area (Å²) in [6, 6.07) is 18.0. The minimum absolute atomic E-state index is 0.0938. The third-order valence-electron chi connectivity index (χ3n) is 4.41. The van der Waals surface area contributed by atoms with Gasteiger partial charge in [0.25, 0.3) is 0 Å². The molecule has 0 aromatic heterocycles. The number of nitrogens with one attached hydrogen (secondary N) is 3. The molecular formula is C24H29N3O5. The molecule has 3 N–H and O–H groups in total. The summed E-state index contributed by atoms with van der Waals surface area (Å²) in [5.74, 6) is -0.893. The van der Waals surface area contributed by atoms with E-state index in [0.717, 1.165) is 11.1 Å². The van der Waals surface area contributed by atoms with Crippen molar-refractivity contribution in [2.75, 3.05) is 13.1 Å². The molecule has 2 aromatic rings. The van der Waals surface area contributed by atoms with E-state index in [1.807, 2.05) is 67.6 Å². The van der Waals surface area contributed by atoms with Crippen molar-refractivity contribution >= 4 is 18.0 Å². The minimum atomic E-state index is -0.605. The summed E-state index contributed by atoms with van der Waals surface area (Å²) >= 11 is 0. The average molecular weight is 440 g/mol. The van der Waals surface area contributed by atoms with Crippen LogP contribution in [0.5, 0.6) is 0 Å². The fourth-order valence-electron chi connectivity index (χ4n) is 2.68. The Labute approximate surface area is 188 Å². The van der Waals surface area contributed by atoms with Crippen molar-refractivity contribution in [3.05, 3.63) is 84.1 Å². The normalized spacial score (nSPS) is 11.0. The van der Waals surface area contributed by atoms with Gasteiger partial charge in [-0.25, -0.2) is 4.79 Å². The Morgan fingerprint density at radius 3 is 1.97 bits per heavy atom. The van der Waals surface area contributed by atoms with Crippen LogP contribution in [0.2, 0.25) is 0 Å². The van der Waals surface area contributed by atoms with Gasteiger partial charge in [-0.2, -0.15) is 0 Å². The first-order valence-electron chi connectivity index (χ1n) is 10.3. The maximum atomic E-state index is 12.4. The molecule has 0 bridgehead atoms. The number of carbonyl (C=O) groups excluding carboxylic acids is 3. The highest BCUT2D eigenvalue weighted by molar-refractivity contribution is 5.85. The average Bonchev–Trinajstić information content (AvgIpc) is 2.83. The zero-order valence-corrected chi connectivity index (χ0v) is 18.1. The molecule has 8 nitrogen and oxygen atoms in total. The summed E-state index contributed by atoms with van der Waals surface area (Å²) in [6.07, 6.45) is -0.127. The molecule has 0 saturated heterocycles. The molecular weight excluding hydrogens is 410 g/mol. The number of alkyl carbamates (subject to hydrolysis) is 1. The van der Waals surface area contributed by atoms with Crippen LogP contribution in [0.3, 0.4) is 0 Å². The lowest BCUT2D eigenvalue weighted by Gasteiger charge is -2.19. The fraction of sp³-hybridized carbons (Fsp3) is 0.292. The topological polar surface area (TPSA) is 106 Å². The minimum Gasteiger partial charge on any atom is -0.460 e. The fourth-order valence-corrected chi connectivity index (χ4v) is 2.68. The van der Waals surface area contributed by atoms with Crippen molar-refractivity contribution in [2.45, 2.75) is 32.6 Å². The number of hydrogen-bond acceptors (Lipinski definition) is 6. The molecule has 0 radical (unpaired) electrons. The van der Waals surface area contributed by atoms with Crippen LogP contribution in [0.15, 0.2) is 72.9 Å². The molecule has 8 heteroatoms. The first-order valence-corrected chi connectivity index (χ1v) is 10.3. The van der Waals surface area contributed by atoms with E-state index in [-0.39, 0.29) is 32.2 Å². The van der Waals surface area contributed by atoms with E-state index in [9.17, 15) is 14.4 Å². The molecule has 1 unspecified atom stereocenters. The molecule has 0 aliphatic carbocycles. The lowest BCUT2D eigenvalue weighted by molar-refractivity contribution is -0.145. The molecule has 2 aromatic carbocycles. The number of rotatable bonds is 12. The maximum absolute atomic E-state index is 12.4. The van der Waals surface area contributed by atoms with Gasteiger partial charge < -0.3 is 25.4 Å². The van der Waals surface area contributed by atoms with E-state index >= 15 is 0 Å². The van der Waals surface area contributed by atoms with E-state index in [1.54, 1.807) is 0 Å². The molecule has 0 aliphatic rings. The van der Waals surface area contributed by atoms with E-state index in [0.29, 0.717) is 12.1 Å². The van der Waals surface area contributed by atoms with Gasteiger partial charge in [0.1, 0.15) is 25.8 Å². The molecule has 1 atom stereocenters. The third-order valence-corrected chi connectivity index (χ3v) is 4.41. The van der Waals surface area contributed by atoms with Gasteiger partial charge in [-0.15, -0.1) is 0 Å². The smallest absolute Gasteiger partial charge is 0.407 e. The molecule has 0 spiro atoms. The van der Waals surface area contributed by atoms with Gasteiger partial charge in [-0.05, 0) is 17.5 Å². The molecule has 170 valence electrons. The second kappa shape index (κ2) is 13.5. The SMILES string of the molecule is C=C(CNC(=O)OCc1ccccc1)NC(CC)C(=O)NCC(=O)OCc1ccccc1. The summed E-state index contributed by atoms with van der Waals surface area (Å²) in [5, 5.41) is 8.07. The first kappa shape index (κ1) is 24.5. The van der Waals surface area contributed by atoms with Crippen LogP contribution in [0, 0.1) is 0 Å². The highest BCUT2D eigenvalue weighted by Gasteiger charge is 2.18. The molecule has 2 rings (SSSR count). The lowest BCUT2D eigenvalue weighted by atomic mass is 10.2. The predicted octanol–water partition coefficient (Wildman–Crippen LogP) is 2.65. The number of esters is 1. The van der Waals surface area contributed by atoms with Gasteiger partial charge >= 0.3 is 12.1 Å².